The fourth-order valence-electron chi connectivity index (χ4n) is 3.18. The van der Waals surface area contributed by atoms with Crippen LogP contribution in [0.3, 0.4) is 0 Å². The van der Waals surface area contributed by atoms with Gasteiger partial charge in [0.05, 0.1) is 12.0 Å². The summed E-state index contributed by atoms with van der Waals surface area (Å²) in [6.45, 7) is 1.42. The highest BCUT2D eigenvalue weighted by molar-refractivity contribution is 9.10. The Labute approximate surface area is 174 Å². The lowest BCUT2D eigenvalue weighted by molar-refractivity contribution is -0.132. The van der Waals surface area contributed by atoms with Gasteiger partial charge < -0.3 is 9.64 Å². The Bertz CT molecular complexity index is 923. The molecule has 1 aliphatic rings. The predicted octanol–water partition coefficient (Wildman–Crippen LogP) is 2.92. The van der Waals surface area contributed by atoms with Crippen molar-refractivity contribution in [3.8, 4) is 5.75 Å². The van der Waals surface area contributed by atoms with E-state index in [2.05, 4.69) is 15.9 Å². The smallest absolute Gasteiger partial charge is 0.243 e. The van der Waals surface area contributed by atoms with Crippen LogP contribution in [0.4, 0.5) is 0 Å². The van der Waals surface area contributed by atoms with Crippen LogP contribution in [0.25, 0.3) is 0 Å². The maximum atomic E-state index is 12.8. The summed E-state index contributed by atoms with van der Waals surface area (Å²) in [5, 5.41) is 0. The maximum Gasteiger partial charge on any atom is 0.243 e. The molecule has 6 nitrogen and oxygen atoms in total. The number of halogens is 1. The molecule has 0 atom stereocenters. The SMILES string of the molecule is COc1ccc(S(=O)(=O)N2CCN(C(=O)CCc3cccc(Br)c3)CC2)cc1. The second kappa shape index (κ2) is 9.07. The molecule has 8 heteroatoms. The molecule has 150 valence electrons. The average molecular weight is 467 g/mol. The van der Waals surface area contributed by atoms with Gasteiger partial charge in [-0.2, -0.15) is 4.31 Å². The number of ether oxygens (including phenoxy) is 1. The summed E-state index contributed by atoms with van der Waals surface area (Å²) >= 11 is 3.43. The standard InChI is InChI=1S/C20H23BrN2O4S/c1-27-18-6-8-19(9-7-18)28(25,26)23-13-11-22(12-14-23)20(24)10-5-16-3-2-4-17(21)15-16/h2-4,6-9,15H,5,10-14H2,1H3. The molecule has 0 aromatic heterocycles. The maximum absolute atomic E-state index is 12.8. The van der Waals surface area contributed by atoms with Crippen LogP contribution in [0.15, 0.2) is 57.9 Å². The normalized spacial score (nSPS) is 15.4. The van der Waals surface area contributed by atoms with E-state index in [4.69, 9.17) is 4.74 Å². The van der Waals surface area contributed by atoms with Gasteiger partial charge in [-0.25, -0.2) is 8.42 Å². The van der Waals surface area contributed by atoms with Crippen molar-refractivity contribution in [3.63, 3.8) is 0 Å². The zero-order valence-corrected chi connectivity index (χ0v) is 18.1. The highest BCUT2D eigenvalue weighted by atomic mass is 79.9. The molecular formula is C20H23BrN2O4S. The summed E-state index contributed by atoms with van der Waals surface area (Å²) in [5.74, 6) is 0.668. The molecule has 0 unspecified atom stereocenters. The van der Waals surface area contributed by atoms with Crippen molar-refractivity contribution in [1.82, 2.24) is 9.21 Å². The first kappa shape index (κ1) is 20.8. The van der Waals surface area contributed by atoms with E-state index < -0.39 is 10.0 Å². The van der Waals surface area contributed by atoms with Crippen molar-refractivity contribution >= 4 is 31.9 Å². The van der Waals surface area contributed by atoms with E-state index in [1.165, 1.54) is 11.4 Å². The number of nitrogens with zero attached hydrogens (tertiary/aromatic N) is 2. The average Bonchev–Trinajstić information content (AvgIpc) is 2.72. The van der Waals surface area contributed by atoms with Gasteiger partial charge in [-0.3, -0.25) is 4.79 Å². The molecule has 0 saturated carbocycles. The zero-order valence-electron chi connectivity index (χ0n) is 15.7. The molecule has 2 aromatic rings. The van der Waals surface area contributed by atoms with Crippen LogP contribution in [0.1, 0.15) is 12.0 Å². The number of hydrogen-bond acceptors (Lipinski definition) is 4. The third-order valence-electron chi connectivity index (χ3n) is 4.81. The summed E-state index contributed by atoms with van der Waals surface area (Å²) in [6, 6.07) is 14.3. The van der Waals surface area contributed by atoms with E-state index >= 15 is 0 Å². The van der Waals surface area contributed by atoms with Crippen molar-refractivity contribution in [2.75, 3.05) is 33.3 Å². The molecule has 0 radical (unpaired) electrons. The first-order chi connectivity index (χ1) is 13.4. The van der Waals surface area contributed by atoms with E-state index in [-0.39, 0.29) is 10.8 Å². The van der Waals surface area contributed by atoms with E-state index in [1.54, 1.807) is 29.2 Å². The summed E-state index contributed by atoms with van der Waals surface area (Å²) in [5.41, 5.74) is 1.10. The molecule has 1 saturated heterocycles. The third-order valence-corrected chi connectivity index (χ3v) is 7.21. The van der Waals surface area contributed by atoms with Gasteiger partial charge in [0.1, 0.15) is 5.75 Å². The predicted molar refractivity (Wildman–Crippen MR) is 111 cm³/mol. The van der Waals surface area contributed by atoms with Crippen molar-refractivity contribution in [1.29, 1.82) is 0 Å². The minimum absolute atomic E-state index is 0.0569. The van der Waals surface area contributed by atoms with Gasteiger partial charge in [0.15, 0.2) is 0 Å². The number of piperazine rings is 1. The summed E-state index contributed by atoms with van der Waals surface area (Å²) < 4.78 is 33.1. The summed E-state index contributed by atoms with van der Waals surface area (Å²) in [4.78, 5) is 14.5. The Morgan fingerprint density at radius 1 is 1.07 bits per heavy atom. The molecule has 0 aliphatic carbocycles. The minimum atomic E-state index is -3.56. The molecule has 2 aromatic carbocycles. The molecule has 0 bridgehead atoms. The number of rotatable bonds is 6. The summed E-state index contributed by atoms with van der Waals surface area (Å²) in [7, 11) is -2.02. The molecule has 0 spiro atoms. The second-order valence-corrected chi connectivity index (χ2v) is 9.44. The number of methoxy groups -OCH3 is 1. The first-order valence-electron chi connectivity index (χ1n) is 9.06. The largest absolute Gasteiger partial charge is 0.497 e. The lowest BCUT2D eigenvalue weighted by Gasteiger charge is -2.34. The highest BCUT2D eigenvalue weighted by Gasteiger charge is 2.29. The molecule has 1 amide bonds. The van der Waals surface area contributed by atoms with Crippen molar-refractivity contribution < 1.29 is 17.9 Å². The van der Waals surface area contributed by atoms with Gasteiger partial charge in [-0.1, -0.05) is 28.1 Å². The van der Waals surface area contributed by atoms with Crippen molar-refractivity contribution in [3.05, 3.63) is 58.6 Å². The first-order valence-corrected chi connectivity index (χ1v) is 11.3. The van der Waals surface area contributed by atoms with E-state index in [9.17, 15) is 13.2 Å². The van der Waals surface area contributed by atoms with Crippen LogP contribution < -0.4 is 4.74 Å². The number of carbonyl (C=O) groups is 1. The van der Waals surface area contributed by atoms with Gasteiger partial charge in [0.2, 0.25) is 15.9 Å². The lowest BCUT2D eigenvalue weighted by atomic mass is 10.1. The van der Waals surface area contributed by atoms with Crippen molar-refractivity contribution in [2.45, 2.75) is 17.7 Å². The van der Waals surface area contributed by atoms with Crippen LogP contribution in [0.2, 0.25) is 0 Å². The number of sulfonamides is 1. The van der Waals surface area contributed by atoms with E-state index in [0.717, 1.165) is 10.0 Å². The molecular weight excluding hydrogens is 444 g/mol. The fraction of sp³-hybridized carbons (Fsp3) is 0.350. The quantitative estimate of drug-likeness (QED) is 0.656. The molecule has 0 N–H and O–H groups in total. The minimum Gasteiger partial charge on any atom is -0.497 e. The Hall–Kier alpha value is -1.90. The molecule has 1 heterocycles. The molecule has 1 aliphatic heterocycles. The van der Waals surface area contributed by atoms with Crippen LogP contribution in [0, 0.1) is 0 Å². The Morgan fingerprint density at radius 3 is 2.36 bits per heavy atom. The van der Waals surface area contributed by atoms with Gasteiger partial charge in [-0.05, 0) is 48.4 Å². The van der Waals surface area contributed by atoms with Gasteiger partial charge in [0, 0.05) is 37.1 Å². The van der Waals surface area contributed by atoms with Crippen molar-refractivity contribution in [2.24, 2.45) is 0 Å². The van der Waals surface area contributed by atoms with Crippen LogP contribution in [0.5, 0.6) is 5.75 Å². The number of benzene rings is 2. The monoisotopic (exact) mass is 466 g/mol. The molecule has 3 rings (SSSR count). The molecule has 28 heavy (non-hydrogen) atoms. The van der Waals surface area contributed by atoms with Crippen LogP contribution >= 0.6 is 15.9 Å². The van der Waals surface area contributed by atoms with Gasteiger partial charge in [-0.15, -0.1) is 0 Å². The number of hydrogen-bond donors (Lipinski definition) is 0. The second-order valence-electron chi connectivity index (χ2n) is 6.59. The highest BCUT2D eigenvalue weighted by Crippen LogP contribution is 2.21. The van der Waals surface area contributed by atoms with Gasteiger partial charge >= 0.3 is 0 Å². The Morgan fingerprint density at radius 2 is 1.75 bits per heavy atom. The van der Waals surface area contributed by atoms with E-state index in [0.29, 0.717) is 44.8 Å². The number of aryl methyl sites for hydroxylation is 1. The zero-order chi connectivity index (χ0) is 20.1. The van der Waals surface area contributed by atoms with Gasteiger partial charge in [0.25, 0.3) is 0 Å². The number of amides is 1. The summed E-state index contributed by atoms with van der Waals surface area (Å²) in [6.07, 6.45) is 1.09. The molecule has 1 fully saturated rings. The Balaban J connectivity index is 1.55. The lowest BCUT2D eigenvalue weighted by Crippen LogP contribution is -2.50. The third kappa shape index (κ3) is 4.92. The van der Waals surface area contributed by atoms with Crippen LogP contribution in [-0.2, 0) is 21.2 Å². The van der Waals surface area contributed by atoms with E-state index in [1.807, 2.05) is 24.3 Å². The fourth-order valence-corrected chi connectivity index (χ4v) is 5.05. The Kier molecular flexibility index (Phi) is 6.74. The number of carbonyl (C=O) groups excluding carboxylic acids is 1. The van der Waals surface area contributed by atoms with Crippen LogP contribution in [-0.4, -0.2) is 56.8 Å². The topological polar surface area (TPSA) is 66.9 Å².